The summed E-state index contributed by atoms with van der Waals surface area (Å²) in [5.41, 5.74) is 9.64. The van der Waals surface area contributed by atoms with Gasteiger partial charge in [0, 0.05) is 23.1 Å². The second-order valence-electron chi connectivity index (χ2n) is 7.79. The molecule has 128 valence electrons. The van der Waals surface area contributed by atoms with Gasteiger partial charge < -0.3 is 0 Å². The molecule has 0 spiro atoms. The summed E-state index contributed by atoms with van der Waals surface area (Å²) < 4.78 is 2.38. The molecule has 2 aromatic carbocycles. The third kappa shape index (κ3) is 2.76. The highest BCUT2D eigenvalue weighted by Gasteiger charge is 2.23. The summed E-state index contributed by atoms with van der Waals surface area (Å²) in [6.07, 6.45) is 5.46. The molecule has 0 N–H and O–H groups in total. The summed E-state index contributed by atoms with van der Waals surface area (Å²) >= 11 is 0. The van der Waals surface area contributed by atoms with Crippen LogP contribution in [0.2, 0.25) is 0 Å². The van der Waals surface area contributed by atoms with Crippen LogP contribution in [0.15, 0.2) is 42.5 Å². The lowest BCUT2D eigenvalue weighted by Crippen LogP contribution is -2.32. The van der Waals surface area contributed by atoms with Crippen molar-refractivity contribution < 1.29 is 4.57 Å². The van der Waals surface area contributed by atoms with E-state index < -0.39 is 0 Å². The van der Waals surface area contributed by atoms with Gasteiger partial charge in [0.2, 0.25) is 11.2 Å². The van der Waals surface area contributed by atoms with E-state index in [1.807, 2.05) is 0 Å². The molecule has 1 aliphatic carbocycles. The average Bonchev–Trinajstić information content (AvgIpc) is 3.13. The van der Waals surface area contributed by atoms with Crippen molar-refractivity contribution in [3.05, 3.63) is 64.7 Å². The van der Waals surface area contributed by atoms with Crippen LogP contribution in [0.5, 0.6) is 0 Å². The fourth-order valence-corrected chi connectivity index (χ4v) is 4.62. The minimum atomic E-state index is 0.748. The molecule has 1 aliphatic rings. The molecule has 1 aromatic heterocycles. The van der Waals surface area contributed by atoms with E-state index in [0.717, 1.165) is 5.92 Å². The zero-order chi connectivity index (χ0) is 17.6. The number of nitrogens with zero attached hydrogens (tertiary/aromatic N) is 1. The molecular weight excluding hydrogens is 302 g/mol. The van der Waals surface area contributed by atoms with Crippen LogP contribution in [0.3, 0.4) is 0 Å². The number of pyridine rings is 1. The van der Waals surface area contributed by atoms with Gasteiger partial charge in [0.05, 0.1) is 0 Å². The Morgan fingerprint density at radius 3 is 2.44 bits per heavy atom. The summed E-state index contributed by atoms with van der Waals surface area (Å²) in [6, 6.07) is 16.1. The van der Waals surface area contributed by atoms with Gasteiger partial charge in [0.25, 0.3) is 0 Å². The van der Waals surface area contributed by atoms with Gasteiger partial charge in [-0.05, 0) is 68.4 Å². The number of benzene rings is 2. The van der Waals surface area contributed by atoms with Crippen LogP contribution in [0.1, 0.15) is 53.9 Å². The van der Waals surface area contributed by atoms with Gasteiger partial charge in [0.15, 0.2) is 0 Å². The van der Waals surface area contributed by atoms with Gasteiger partial charge >= 0.3 is 0 Å². The molecule has 1 heterocycles. The van der Waals surface area contributed by atoms with Crippen molar-refractivity contribution in [1.29, 1.82) is 0 Å². The maximum absolute atomic E-state index is 2.38. The predicted molar refractivity (Wildman–Crippen MR) is 106 cm³/mol. The number of rotatable bonds is 2. The Hall–Kier alpha value is -2.15. The van der Waals surface area contributed by atoms with Gasteiger partial charge in [-0.15, -0.1) is 0 Å². The van der Waals surface area contributed by atoms with Crippen molar-refractivity contribution in [2.75, 3.05) is 0 Å². The zero-order valence-corrected chi connectivity index (χ0v) is 15.9. The van der Waals surface area contributed by atoms with E-state index in [4.69, 9.17) is 0 Å². The third-order valence-electron chi connectivity index (χ3n) is 6.13. The van der Waals surface area contributed by atoms with Gasteiger partial charge in [-0.25, -0.2) is 0 Å². The molecule has 0 unspecified atom stereocenters. The molecule has 0 atom stereocenters. The molecule has 1 heteroatoms. The fraction of sp³-hybridized carbons (Fsp3) is 0.375. The molecule has 1 nitrogen and oxygen atoms in total. The van der Waals surface area contributed by atoms with Crippen LogP contribution in [0, 0.1) is 20.8 Å². The summed E-state index contributed by atoms with van der Waals surface area (Å²) in [7, 11) is 2.22. The first-order valence-electron chi connectivity index (χ1n) is 9.56. The van der Waals surface area contributed by atoms with Crippen LogP contribution >= 0.6 is 0 Å². The monoisotopic (exact) mass is 330 g/mol. The van der Waals surface area contributed by atoms with Gasteiger partial charge in [-0.3, -0.25) is 0 Å². The van der Waals surface area contributed by atoms with Crippen LogP contribution < -0.4 is 4.57 Å². The first-order valence-corrected chi connectivity index (χ1v) is 9.56. The SMILES string of the molecule is Cc1cc(C)c(C)c(-c2ccc3c(C4CCCC4)cccc3[n+]2C)c1. The smallest absolute Gasteiger partial charge is 0.194 e. The minimum Gasteiger partial charge on any atom is -0.194 e. The van der Waals surface area contributed by atoms with Crippen molar-refractivity contribution in [3.63, 3.8) is 0 Å². The Kier molecular flexibility index (Phi) is 4.11. The molecule has 0 amide bonds. The molecule has 0 bridgehead atoms. The molecule has 25 heavy (non-hydrogen) atoms. The third-order valence-corrected chi connectivity index (χ3v) is 6.13. The molecular formula is C24H28N+. The highest BCUT2D eigenvalue weighted by Crippen LogP contribution is 2.37. The zero-order valence-electron chi connectivity index (χ0n) is 15.9. The summed E-state index contributed by atoms with van der Waals surface area (Å²) in [6.45, 7) is 6.64. The fourth-order valence-electron chi connectivity index (χ4n) is 4.62. The maximum atomic E-state index is 2.38. The topological polar surface area (TPSA) is 3.88 Å². The van der Waals surface area contributed by atoms with Gasteiger partial charge in [0.1, 0.15) is 7.05 Å². The van der Waals surface area contributed by atoms with Crippen molar-refractivity contribution in [2.45, 2.75) is 52.4 Å². The Morgan fingerprint density at radius 1 is 0.920 bits per heavy atom. The first-order chi connectivity index (χ1) is 12.1. The number of fused-ring (bicyclic) bond motifs is 1. The molecule has 0 radical (unpaired) electrons. The van der Waals surface area contributed by atoms with Gasteiger partial charge in [-0.2, -0.15) is 4.57 Å². The van der Waals surface area contributed by atoms with E-state index in [1.165, 1.54) is 64.5 Å². The lowest BCUT2D eigenvalue weighted by molar-refractivity contribution is -0.633. The van der Waals surface area contributed by atoms with Crippen molar-refractivity contribution in [2.24, 2.45) is 7.05 Å². The maximum Gasteiger partial charge on any atom is 0.213 e. The van der Waals surface area contributed by atoms with E-state index in [2.05, 4.69) is 74.9 Å². The lowest BCUT2D eigenvalue weighted by Gasteiger charge is -2.14. The number of hydrogen-bond acceptors (Lipinski definition) is 0. The number of aromatic nitrogens is 1. The first kappa shape index (κ1) is 16.3. The van der Waals surface area contributed by atoms with E-state index in [-0.39, 0.29) is 0 Å². The van der Waals surface area contributed by atoms with Crippen LogP contribution in [0.25, 0.3) is 22.2 Å². The molecule has 1 saturated carbocycles. The second kappa shape index (κ2) is 6.29. The van der Waals surface area contributed by atoms with E-state index >= 15 is 0 Å². The molecule has 4 rings (SSSR count). The second-order valence-corrected chi connectivity index (χ2v) is 7.79. The van der Waals surface area contributed by atoms with Crippen LogP contribution in [-0.4, -0.2) is 0 Å². The number of hydrogen-bond donors (Lipinski definition) is 0. The van der Waals surface area contributed by atoms with E-state index in [9.17, 15) is 0 Å². The van der Waals surface area contributed by atoms with Crippen LogP contribution in [0.4, 0.5) is 0 Å². The van der Waals surface area contributed by atoms with Crippen molar-refractivity contribution in [3.8, 4) is 11.3 Å². The van der Waals surface area contributed by atoms with E-state index in [1.54, 1.807) is 5.56 Å². The predicted octanol–water partition coefficient (Wildman–Crippen LogP) is 5.91. The van der Waals surface area contributed by atoms with Crippen LogP contribution in [-0.2, 0) is 7.05 Å². The molecule has 0 aliphatic heterocycles. The highest BCUT2D eigenvalue weighted by molar-refractivity contribution is 5.82. The standard InChI is InChI=1S/C24H28N/c1-16-14-17(2)18(3)22(15-16)24-13-12-21-20(19-8-5-6-9-19)10-7-11-23(21)25(24)4/h7,10-15,19H,5-6,8-9H2,1-4H3/q+1. The molecule has 1 fully saturated rings. The van der Waals surface area contributed by atoms with Crippen molar-refractivity contribution in [1.82, 2.24) is 0 Å². The number of aryl methyl sites for hydroxylation is 3. The average molecular weight is 330 g/mol. The van der Waals surface area contributed by atoms with E-state index in [0.29, 0.717) is 0 Å². The van der Waals surface area contributed by atoms with Crippen molar-refractivity contribution >= 4 is 10.9 Å². The highest BCUT2D eigenvalue weighted by atomic mass is 14.9. The summed E-state index contributed by atoms with van der Waals surface area (Å²) in [4.78, 5) is 0. The molecule has 3 aromatic rings. The Balaban J connectivity index is 1.92. The summed E-state index contributed by atoms with van der Waals surface area (Å²) in [5, 5.41) is 1.43. The normalized spacial score (nSPS) is 15.2. The largest absolute Gasteiger partial charge is 0.213 e. The Labute approximate surface area is 151 Å². The summed E-state index contributed by atoms with van der Waals surface area (Å²) in [5.74, 6) is 0.748. The lowest BCUT2D eigenvalue weighted by atomic mass is 9.92. The molecule has 0 saturated heterocycles. The Bertz CT molecular complexity index is 946. The minimum absolute atomic E-state index is 0.748. The quantitative estimate of drug-likeness (QED) is 0.514. The van der Waals surface area contributed by atoms with Gasteiger partial charge in [-0.1, -0.05) is 36.6 Å². The Morgan fingerprint density at radius 2 is 1.68 bits per heavy atom.